The van der Waals surface area contributed by atoms with Gasteiger partial charge < -0.3 is 15.4 Å². The second-order valence-corrected chi connectivity index (χ2v) is 10.6. The molecule has 4 rings (SSSR count). The van der Waals surface area contributed by atoms with Crippen LogP contribution in [0, 0.1) is 6.92 Å². The quantitative estimate of drug-likeness (QED) is 0.192. The smallest absolute Gasteiger partial charge is 0.406 e. The van der Waals surface area contributed by atoms with Gasteiger partial charge in [-0.25, -0.2) is 14.5 Å². The summed E-state index contributed by atoms with van der Waals surface area (Å²) in [4.78, 5) is 16.9. The molecule has 0 aliphatic heterocycles. The number of urea groups is 1. The summed E-state index contributed by atoms with van der Waals surface area (Å²) in [6.45, 7) is 8.09. The molecule has 0 saturated carbocycles. The fourth-order valence-electron chi connectivity index (χ4n) is 4.31. The zero-order chi connectivity index (χ0) is 30.4. The van der Waals surface area contributed by atoms with Gasteiger partial charge in [0, 0.05) is 17.3 Å². The number of hydrogen-bond acceptors (Lipinski definition) is 5. The van der Waals surface area contributed by atoms with Crippen molar-refractivity contribution in [2.45, 2.75) is 52.4 Å². The number of nitrogens with zero attached hydrogens (tertiary/aromatic N) is 3. The lowest BCUT2D eigenvalue weighted by Gasteiger charge is -2.18. The van der Waals surface area contributed by atoms with Crippen molar-refractivity contribution in [2.75, 3.05) is 5.32 Å². The summed E-state index contributed by atoms with van der Waals surface area (Å²) in [5.41, 5.74) is 5.36. The van der Waals surface area contributed by atoms with Gasteiger partial charge in [0.25, 0.3) is 0 Å². The molecule has 42 heavy (non-hydrogen) atoms. The van der Waals surface area contributed by atoms with Crippen molar-refractivity contribution < 1.29 is 22.7 Å². The molecule has 8 nitrogen and oxygen atoms in total. The number of alkyl halides is 3. The maximum Gasteiger partial charge on any atom is 0.573 e. The predicted octanol–water partition coefficient (Wildman–Crippen LogP) is 6.89. The molecule has 1 unspecified atom stereocenters. The van der Waals surface area contributed by atoms with E-state index in [1.807, 2.05) is 50.2 Å². The lowest BCUT2D eigenvalue weighted by atomic mass is 9.99. The van der Waals surface area contributed by atoms with Crippen LogP contribution in [0.3, 0.4) is 0 Å². The van der Waals surface area contributed by atoms with Crippen molar-refractivity contribution in [1.82, 2.24) is 25.4 Å². The first-order chi connectivity index (χ1) is 19.9. The van der Waals surface area contributed by atoms with E-state index < -0.39 is 12.4 Å². The monoisotopic (exact) mass is 596 g/mol. The highest BCUT2D eigenvalue weighted by Gasteiger charge is 2.31. The van der Waals surface area contributed by atoms with E-state index in [1.54, 1.807) is 0 Å². The fourth-order valence-corrected chi connectivity index (χ4v) is 4.52. The Morgan fingerprint density at radius 1 is 1.02 bits per heavy atom. The van der Waals surface area contributed by atoms with Crippen molar-refractivity contribution >= 4 is 29.0 Å². The third-order valence-corrected chi connectivity index (χ3v) is 6.47. The van der Waals surface area contributed by atoms with Crippen LogP contribution in [-0.2, 0) is 6.42 Å². The standard InChI is InChI=1S/C30H31F3N6O2S/c1-18(2)25-14-5-19(3)15-26(25)36-29(42)37-28(40)35-20(4)16-21-6-8-22(9-7-21)27-34-17-39(38-27)23-10-12-24(13-11-23)41-30(31,32)33/h5-15,17-18,20H,16H2,1-4H3,(H3,35,36,37,40,42). The van der Waals surface area contributed by atoms with E-state index in [0.29, 0.717) is 23.9 Å². The number of carbonyl (C=O) groups excluding carboxylic acids is 1. The van der Waals surface area contributed by atoms with Crippen LogP contribution < -0.4 is 20.7 Å². The van der Waals surface area contributed by atoms with E-state index in [2.05, 4.69) is 50.7 Å². The fraction of sp³-hybridized carbons (Fsp3) is 0.267. The minimum absolute atomic E-state index is 0.175. The molecule has 220 valence electrons. The van der Waals surface area contributed by atoms with E-state index in [4.69, 9.17) is 12.2 Å². The van der Waals surface area contributed by atoms with Gasteiger partial charge in [-0.2, -0.15) is 0 Å². The summed E-state index contributed by atoms with van der Waals surface area (Å²) >= 11 is 5.36. The molecule has 2 amide bonds. The van der Waals surface area contributed by atoms with Crippen molar-refractivity contribution in [3.63, 3.8) is 0 Å². The summed E-state index contributed by atoms with van der Waals surface area (Å²) < 4.78 is 42.5. The Morgan fingerprint density at radius 2 is 1.71 bits per heavy atom. The largest absolute Gasteiger partial charge is 0.573 e. The van der Waals surface area contributed by atoms with E-state index in [0.717, 1.165) is 27.9 Å². The second-order valence-electron chi connectivity index (χ2n) is 10.2. The van der Waals surface area contributed by atoms with Gasteiger partial charge in [0.1, 0.15) is 12.1 Å². The Hall–Kier alpha value is -4.45. The minimum atomic E-state index is -4.75. The summed E-state index contributed by atoms with van der Waals surface area (Å²) in [5.74, 6) is 0.438. The van der Waals surface area contributed by atoms with Crippen LogP contribution >= 0.6 is 12.2 Å². The van der Waals surface area contributed by atoms with Crippen molar-refractivity contribution in [1.29, 1.82) is 0 Å². The van der Waals surface area contributed by atoms with Crippen LogP contribution in [0.25, 0.3) is 17.1 Å². The van der Waals surface area contributed by atoms with Gasteiger partial charge in [0.05, 0.1) is 5.69 Å². The van der Waals surface area contributed by atoms with E-state index >= 15 is 0 Å². The molecule has 0 spiro atoms. The number of carbonyl (C=O) groups is 1. The van der Waals surface area contributed by atoms with Gasteiger partial charge in [-0.3, -0.25) is 5.32 Å². The highest BCUT2D eigenvalue weighted by atomic mass is 32.1. The van der Waals surface area contributed by atoms with Crippen LogP contribution in [0.1, 0.15) is 43.4 Å². The Kier molecular flexibility index (Phi) is 9.46. The lowest BCUT2D eigenvalue weighted by Crippen LogP contribution is -2.45. The molecule has 0 radical (unpaired) electrons. The molecule has 1 atom stereocenters. The maximum atomic E-state index is 12.5. The molecule has 3 N–H and O–H groups in total. The zero-order valence-corrected chi connectivity index (χ0v) is 24.3. The van der Waals surface area contributed by atoms with Gasteiger partial charge in [-0.1, -0.05) is 50.2 Å². The number of benzene rings is 3. The number of thiocarbonyl (C=S) groups is 1. The number of nitrogens with one attached hydrogen (secondary N) is 3. The van der Waals surface area contributed by atoms with E-state index in [9.17, 15) is 18.0 Å². The van der Waals surface area contributed by atoms with Gasteiger partial charge >= 0.3 is 12.4 Å². The molecule has 0 fully saturated rings. The molecule has 0 bridgehead atoms. The first-order valence-electron chi connectivity index (χ1n) is 13.2. The van der Waals surface area contributed by atoms with Crippen molar-refractivity contribution in [2.24, 2.45) is 0 Å². The third kappa shape index (κ3) is 8.53. The number of rotatable bonds is 8. The Balaban J connectivity index is 1.29. The first kappa shape index (κ1) is 30.5. The van der Waals surface area contributed by atoms with Gasteiger partial charge in [0.15, 0.2) is 10.9 Å². The Morgan fingerprint density at radius 3 is 2.36 bits per heavy atom. The van der Waals surface area contributed by atoms with E-state index in [1.165, 1.54) is 35.3 Å². The number of aryl methyl sites for hydroxylation is 1. The summed E-state index contributed by atoms with van der Waals surface area (Å²) in [6, 6.07) is 18.5. The summed E-state index contributed by atoms with van der Waals surface area (Å²) in [6.07, 6.45) is -2.69. The van der Waals surface area contributed by atoms with Gasteiger partial charge in [-0.15, -0.1) is 18.3 Å². The predicted molar refractivity (Wildman–Crippen MR) is 160 cm³/mol. The SMILES string of the molecule is Cc1ccc(C(C)C)c(NC(=S)NC(=O)NC(C)Cc2ccc(-c3ncn(-c4ccc(OC(F)(F)F)cc4)n3)cc2)c1. The molecule has 1 aromatic heterocycles. The first-order valence-corrected chi connectivity index (χ1v) is 13.6. The highest BCUT2D eigenvalue weighted by molar-refractivity contribution is 7.80. The molecule has 12 heteroatoms. The van der Waals surface area contributed by atoms with Crippen LogP contribution in [-0.4, -0.2) is 38.3 Å². The van der Waals surface area contributed by atoms with Gasteiger partial charge in [-0.05, 0) is 85.4 Å². The average molecular weight is 597 g/mol. The zero-order valence-electron chi connectivity index (χ0n) is 23.5. The van der Waals surface area contributed by atoms with Crippen LogP contribution in [0.2, 0.25) is 0 Å². The summed E-state index contributed by atoms with van der Waals surface area (Å²) in [7, 11) is 0. The molecule has 4 aromatic rings. The number of ether oxygens (including phenoxy) is 1. The minimum Gasteiger partial charge on any atom is -0.406 e. The molecule has 0 aliphatic rings. The maximum absolute atomic E-state index is 12.5. The van der Waals surface area contributed by atoms with Crippen LogP contribution in [0.4, 0.5) is 23.7 Å². The van der Waals surface area contributed by atoms with Crippen molar-refractivity contribution in [3.8, 4) is 22.8 Å². The number of aromatic nitrogens is 3. The third-order valence-electron chi connectivity index (χ3n) is 6.26. The molecular formula is C30H31F3N6O2S. The number of amides is 2. The van der Waals surface area contributed by atoms with Gasteiger partial charge in [0.2, 0.25) is 0 Å². The Bertz CT molecular complexity index is 1540. The summed E-state index contributed by atoms with van der Waals surface area (Å²) in [5, 5.41) is 13.4. The molecule has 1 heterocycles. The number of anilines is 1. The second kappa shape index (κ2) is 13.0. The molecule has 3 aromatic carbocycles. The lowest BCUT2D eigenvalue weighted by molar-refractivity contribution is -0.274. The molecular weight excluding hydrogens is 565 g/mol. The Labute approximate surface area is 247 Å². The normalized spacial score (nSPS) is 12.1. The molecule has 0 aliphatic carbocycles. The average Bonchev–Trinajstić information content (AvgIpc) is 3.38. The van der Waals surface area contributed by atoms with Crippen LogP contribution in [0.15, 0.2) is 73.1 Å². The van der Waals surface area contributed by atoms with E-state index in [-0.39, 0.29) is 16.9 Å². The van der Waals surface area contributed by atoms with Crippen LogP contribution in [0.5, 0.6) is 5.75 Å². The number of hydrogen-bond donors (Lipinski definition) is 3. The number of halogens is 3. The molecule has 0 saturated heterocycles. The topological polar surface area (TPSA) is 93.1 Å². The highest BCUT2D eigenvalue weighted by Crippen LogP contribution is 2.26. The van der Waals surface area contributed by atoms with Crippen molar-refractivity contribution in [3.05, 3.63) is 89.7 Å².